The van der Waals surface area contributed by atoms with Gasteiger partial charge in [0.15, 0.2) is 11.0 Å². The van der Waals surface area contributed by atoms with E-state index in [4.69, 9.17) is 0 Å². The molecule has 0 spiro atoms. The van der Waals surface area contributed by atoms with Gasteiger partial charge in [-0.25, -0.2) is 4.68 Å². The number of hydrogen-bond acceptors (Lipinski definition) is 5. The summed E-state index contributed by atoms with van der Waals surface area (Å²) in [5.74, 6) is 1.33. The second-order valence-corrected chi connectivity index (χ2v) is 7.88. The van der Waals surface area contributed by atoms with Crippen LogP contribution in [0.1, 0.15) is 26.8 Å². The summed E-state index contributed by atoms with van der Waals surface area (Å²) < 4.78 is 3.75. The Kier molecular flexibility index (Phi) is 6.30. The molecular weight excluding hydrogens is 372 g/mol. The number of thioether (sulfide) groups is 1. The SMILES string of the molecule is C=CCn1c(S[C@@H](C)C(=O)Nc2ccnn2C(C)C)nnc1-c1ccccc1. The first kappa shape index (κ1) is 19.9. The van der Waals surface area contributed by atoms with E-state index in [0.717, 1.165) is 11.4 Å². The van der Waals surface area contributed by atoms with Crippen LogP contribution in [0.25, 0.3) is 11.4 Å². The fourth-order valence-corrected chi connectivity index (χ4v) is 3.59. The van der Waals surface area contributed by atoms with E-state index >= 15 is 0 Å². The van der Waals surface area contributed by atoms with Crippen molar-refractivity contribution in [3.05, 3.63) is 55.3 Å². The Bertz CT molecular complexity index is 947. The summed E-state index contributed by atoms with van der Waals surface area (Å²) in [4.78, 5) is 12.7. The molecule has 28 heavy (non-hydrogen) atoms. The number of carbonyl (C=O) groups is 1. The van der Waals surface area contributed by atoms with Crippen molar-refractivity contribution in [2.24, 2.45) is 0 Å². The maximum Gasteiger partial charge on any atom is 0.238 e. The zero-order valence-electron chi connectivity index (χ0n) is 16.2. The molecule has 1 N–H and O–H groups in total. The largest absolute Gasteiger partial charge is 0.310 e. The van der Waals surface area contributed by atoms with Crippen molar-refractivity contribution in [2.45, 2.75) is 43.8 Å². The molecule has 0 bridgehead atoms. The maximum atomic E-state index is 12.7. The summed E-state index contributed by atoms with van der Waals surface area (Å²) in [7, 11) is 0. The van der Waals surface area contributed by atoms with E-state index in [0.29, 0.717) is 17.5 Å². The number of benzene rings is 1. The average molecular weight is 397 g/mol. The van der Waals surface area contributed by atoms with E-state index in [-0.39, 0.29) is 17.2 Å². The molecule has 0 aliphatic rings. The van der Waals surface area contributed by atoms with Gasteiger partial charge in [-0.1, -0.05) is 48.2 Å². The van der Waals surface area contributed by atoms with E-state index in [1.54, 1.807) is 23.0 Å². The van der Waals surface area contributed by atoms with Crippen molar-refractivity contribution in [2.75, 3.05) is 5.32 Å². The number of nitrogens with one attached hydrogen (secondary N) is 1. The van der Waals surface area contributed by atoms with Crippen LogP contribution in [0, 0.1) is 0 Å². The predicted molar refractivity (Wildman–Crippen MR) is 112 cm³/mol. The first-order chi connectivity index (χ1) is 13.5. The van der Waals surface area contributed by atoms with Crippen LogP contribution in [0.5, 0.6) is 0 Å². The molecule has 7 nitrogen and oxygen atoms in total. The molecule has 0 fully saturated rings. The molecule has 1 atom stereocenters. The van der Waals surface area contributed by atoms with E-state index in [1.807, 2.05) is 55.7 Å². The molecule has 0 unspecified atom stereocenters. The molecule has 3 aromatic rings. The van der Waals surface area contributed by atoms with Gasteiger partial charge in [0.05, 0.1) is 11.4 Å². The fraction of sp³-hybridized carbons (Fsp3) is 0.300. The summed E-state index contributed by atoms with van der Waals surface area (Å²) in [6, 6.07) is 11.8. The highest BCUT2D eigenvalue weighted by atomic mass is 32.2. The van der Waals surface area contributed by atoms with Crippen molar-refractivity contribution in [1.29, 1.82) is 0 Å². The van der Waals surface area contributed by atoms with Gasteiger partial charge in [0, 0.05) is 24.2 Å². The molecule has 0 radical (unpaired) electrons. The molecule has 2 aromatic heterocycles. The molecule has 146 valence electrons. The number of hydrogen-bond donors (Lipinski definition) is 1. The second-order valence-electron chi connectivity index (χ2n) is 6.58. The van der Waals surface area contributed by atoms with Crippen molar-refractivity contribution in [3.8, 4) is 11.4 Å². The lowest BCUT2D eigenvalue weighted by molar-refractivity contribution is -0.115. The Morgan fingerprint density at radius 2 is 1.96 bits per heavy atom. The van der Waals surface area contributed by atoms with Crippen LogP contribution in [0.3, 0.4) is 0 Å². The number of carbonyl (C=O) groups excluding carboxylic acids is 1. The minimum absolute atomic E-state index is 0.109. The molecule has 8 heteroatoms. The minimum Gasteiger partial charge on any atom is -0.310 e. The van der Waals surface area contributed by atoms with Crippen molar-refractivity contribution in [3.63, 3.8) is 0 Å². The van der Waals surface area contributed by atoms with Gasteiger partial charge in [0.25, 0.3) is 0 Å². The lowest BCUT2D eigenvalue weighted by atomic mass is 10.2. The first-order valence-electron chi connectivity index (χ1n) is 9.11. The van der Waals surface area contributed by atoms with Crippen LogP contribution < -0.4 is 5.32 Å². The summed E-state index contributed by atoms with van der Waals surface area (Å²) in [6.07, 6.45) is 3.48. The fourth-order valence-electron chi connectivity index (χ4n) is 2.73. The number of anilines is 1. The second kappa shape index (κ2) is 8.88. The Labute approximate surface area is 168 Å². The summed E-state index contributed by atoms with van der Waals surface area (Å²) in [6.45, 7) is 10.3. The summed E-state index contributed by atoms with van der Waals surface area (Å²) >= 11 is 1.37. The van der Waals surface area contributed by atoms with Gasteiger partial charge in [-0.05, 0) is 20.8 Å². The number of amides is 1. The minimum atomic E-state index is -0.355. The molecule has 3 rings (SSSR count). The third-order valence-electron chi connectivity index (χ3n) is 4.12. The predicted octanol–water partition coefficient (Wildman–Crippen LogP) is 4.03. The summed E-state index contributed by atoms with van der Waals surface area (Å²) in [5.41, 5.74) is 0.974. The molecule has 1 aromatic carbocycles. The lowest BCUT2D eigenvalue weighted by Gasteiger charge is -2.15. The number of rotatable bonds is 8. The standard InChI is InChI=1S/C20H24N6OS/c1-5-13-25-18(16-9-7-6-8-10-16)23-24-20(25)28-15(4)19(27)22-17-11-12-21-26(17)14(2)3/h5-12,14-15H,1,13H2,2-4H3,(H,22,27)/t15-/m0/s1. The molecule has 0 saturated heterocycles. The lowest BCUT2D eigenvalue weighted by Crippen LogP contribution is -2.25. The van der Waals surface area contributed by atoms with Crippen LogP contribution >= 0.6 is 11.8 Å². The van der Waals surface area contributed by atoms with Gasteiger partial charge in [0.2, 0.25) is 5.91 Å². The quantitative estimate of drug-likeness (QED) is 0.459. The highest BCUT2D eigenvalue weighted by Gasteiger charge is 2.21. The molecule has 0 aliphatic heterocycles. The Morgan fingerprint density at radius 1 is 1.21 bits per heavy atom. The highest BCUT2D eigenvalue weighted by molar-refractivity contribution is 8.00. The van der Waals surface area contributed by atoms with E-state index in [9.17, 15) is 4.79 Å². The van der Waals surface area contributed by atoms with Gasteiger partial charge >= 0.3 is 0 Å². The molecule has 0 aliphatic carbocycles. The number of nitrogens with zero attached hydrogens (tertiary/aromatic N) is 5. The summed E-state index contributed by atoms with van der Waals surface area (Å²) in [5, 5.41) is 16.2. The topological polar surface area (TPSA) is 77.6 Å². The third-order valence-corrected chi connectivity index (χ3v) is 5.20. The van der Waals surface area contributed by atoms with Gasteiger partial charge in [0.1, 0.15) is 5.82 Å². The Morgan fingerprint density at radius 3 is 2.64 bits per heavy atom. The van der Waals surface area contributed by atoms with Crippen LogP contribution in [-0.2, 0) is 11.3 Å². The van der Waals surface area contributed by atoms with Crippen LogP contribution in [0.4, 0.5) is 5.82 Å². The zero-order chi connectivity index (χ0) is 20.1. The van der Waals surface area contributed by atoms with E-state index in [2.05, 4.69) is 27.2 Å². The number of aromatic nitrogens is 5. The average Bonchev–Trinajstić information content (AvgIpc) is 3.30. The number of allylic oxidation sites excluding steroid dienone is 1. The van der Waals surface area contributed by atoms with Crippen molar-refractivity contribution < 1.29 is 4.79 Å². The normalized spacial score (nSPS) is 12.1. The van der Waals surface area contributed by atoms with Gasteiger partial charge in [-0.2, -0.15) is 5.10 Å². The Balaban J connectivity index is 1.77. The maximum absolute atomic E-state index is 12.7. The van der Waals surface area contributed by atoms with Crippen LogP contribution in [-0.4, -0.2) is 35.7 Å². The third kappa shape index (κ3) is 4.33. The van der Waals surface area contributed by atoms with E-state index in [1.165, 1.54) is 11.8 Å². The van der Waals surface area contributed by atoms with Gasteiger partial charge < -0.3 is 5.32 Å². The van der Waals surface area contributed by atoms with Crippen molar-refractivity contribution in [1.82, 2.24) is 24.5 Å². The molecule has 2 heterocycles. The first-order valence-corrected chi connectivity index (χ1v) is 9.99. The molecule has 0 saturated carbocycles. The van der Waals surface area contributed by atoms with Crippen LogP contribution in [0.15, 0.2) is 60.4 Å². The van der Waals surface area contributed by atoms with E-state index < -0.39 is 0 Å². The van der Waals surface area contributed by atoms with Gasteiger partial charge in [-0.15, -0.1) is 16.8 Å². The van der Waals surface area contributed by atoms with Gasteiger partial charge in [-0.3, -0.25) is 9.36 Å². The Hall–Kier alpha value is -2.87. The smallest absolute Gasteiger partial charge is 0.238 e. The monoisotopic (exact) mass is 396 g/mol. The zero-order valence-corrected chi connectivity index (χ0v) is 17.1. The molecule has 1 amide bonds. The highest BCUT2D eigenvalue weighted by Crippen LogP contribution is 2.27. The van der Waals surface area contributed by atoms with Crippen LogP contribution in [0.2, 0.25) is 0 Å². The molecular formula is C20H24N6OS. The van der Waals surface area contributed by atoms with Crippen molar-refractivity contribution >= 4 is 23.5 Å².